The van der Waals surface area contributed by atoms with E-state index in [1.807, 2.05) is 13.0 Å². The molecule has 2 atom stereocenters. The minimum absolute atomic E-state index is 0.0656. The maximum Gasteiger partial charge on any atom is 0.328 e. The number of phenolic OH excluding ortho intramolecular Hbond substituents is 1. The minimum atomic E-state index is -1.13. The fourth-order valence-corrected chi connectivity index (χ4v) is 6.65. The fourth-order valence-electron chi connectivity index (χ4n) is 6.65. The van der Waals surface area contributed by atoms with Crippen molar-refractivity contribution in [2.45, 2.75) is 51.1 Å². The van der Waals surface area contributed by atoms with Gasteiger partial charge in [-0.3, -0.25) is 14.6 Å². The molecule has 2 N–H and O–H groups in total. The molecule has 1 aromatic heterocycles. The van der Waals surface area contributed by atoms with Crippen LogP contribution in [-0.2, 0) is 11.2 Å². The van der Waals surface area contributed by atoms with Crippen LogP contribution in [0.15, 0.2) is 36.4 Å². The molecule has 3 aliphatic heterocycles. The van der Waals surface area contributed by atoms with Crippen LogP contribution in [0.3, 0.4) is 0 Å². The number of imide groups is 1. The van der Waals surface area contributed by atoms with E-state index < -0.39 is 17.4 Å². The first kappa shape index (κ1) is 25.7. The molecule has 2 aromatic carbocycles. The largest absolute Gasteiger partial charge is 0.508 e. The number of hydrogen-bond donors (Lipinski definition) is 2. The number of ether oxygens (including phenoxy) is 1. The van der Waals surface area contributed by atoms with Gasteiger partial charge < -0.3 is 19.7 Å². The number of nitrogens with zero attached hydrogens (tertiary/aromatic N) is 3. The van der Waals surface area contributed by atoms with E-state index in [-0.39, 0.29) is 29.9 Å². The molecule has 3 aliphatic rings. The van der Waals surface area contributed by atoms with Crippen LogP contribution in [0.5, 0.6) is 11.5 Å². The molecule has 4 heterocycles. The van der Waals surface area contributed by atoms with Crippen LogP contribution >= 0.6 is 0 Å². The number of nitrogens with one attached hydrogen (secondary N) is 1. The Bertz CT molecular complexity index is 1450. The van der Waals surface area contributed by atoms with Crippen molar-refractivity contribution in [1.82, 2.24) is 19.7 Å². The van der Waals surface area contributed by atoms with Crippen LogP contribution < -0.4 is 4.74 Å². The molecule has 2 saturated heterocycles. The van der Waals surface area contributed by atoms with Crippen molar-refractivity contribution in [2.24, 2.45) is 5.92 Å². The molecule has 0 aliphatic carbocycles. The zero-order valence-corrected chi connectivity index (χ0v) is 22.7. The highest BCUT2D eigenvalue weighted by atomic mass is 19.1. The summed E-state index contributed by atoms with van der Waals surface area (Å²) in [5, 5.41) is 11.1. The van der Waals surface area contributed by atoms with E-state index in [2.05, 4.69) is 16.8 Å². The Balaban J connectivity index is 1.38. The first-order chi connectivity index (χ1) is 18.7. The Morgan fingerprint density at radius 1 is 1.15 bits per heavy atom. The molecule has 39 heavy (non-hydrogen) atoms. The predicted molar refractivity (Wildman–Crippen MR) is 145 cm³/mol. The average molecular weight is 535 g/mol. The quantitative estimate of drug-likeness (QED) is 0.443. The highest BCUT2D eigenvalue weighted by molar-refractivity contribution is 6.08. The number of hydrogen-bond acceptors (Lipinski definition) is 5. The van der Waals surface area contributed by atoms with Crippen LogP contribution in [-0.4, -0.2) is 75.6 Å². The summed E-state index contributed by atoms with van der Waals surface area (Å²) >= 11 is 0. The third-order valence-corrected chi connectivity index (χ3v) is 8.86. The van der Waals surface area contributed by atoms with Gasteiger partial charge in [0.1, 0.15) is 17.3 Å². The van der Waals surface area contributed by atoms with Crippen molar-refractivity contribution >= 4 is 22.8 Å². The normalized spacial score (nSPS) is 23.9. The lowest BCUT2D eigenvalue weighted by Gasteiger charge is -2.42. The number of carbonyl (C=O) groups is 2. The van der Waals surface area contributed by atoms with Crippen LogP contribution in [0.1, 0.15) is 56.0 Å². The van der Waals surface area contributed by atoms with Gasteiger partial charge in [-0.15, -0.1) is 0 Å². The van der Waals surface area contributed by atoms with E-state index in [9.17, 15) is 19.1 Å². The Morgan fingerprint density at radius 3 is 2.64 bits per heavy atom. The summed E-state index contributed by atoms with van der Waals surface area (Å²) in [5.41, 5.74) is 1.68. The van der Waals surface area contributed by atoms with Crippen LogP contribution in [0.2, 0.25) is 0 Å². The van der Waals surface area contributed by atoms with Gasteiger partial charge in [-0.1, -0.05) is 19.1 Å². The summed E-state index contributed by atoms with van der Waals surface area (Å²) in [6, 6.07) is 8.79. The number of aromatic nitrogens is 1. The molecular weight excluding hydrogens is 499 g/mol. The van der Waals surface area contributed by atoms with Crippen LogP contribution in [0.25, 0.3) is 10.9 Å². The van der Waals surface area contributed by atoms with E-state index in [4.69, 9.17) is 4.74 Å². The van der Waals surface area contributed by atoms with Crippen molar-refractivity contribution < 1.29 is 23.8 Å². The molecule has 3 aromatic rings. The summed E-state index contributed by atoms with van der Waals surface area (Å²) in [4.78, 5) is 36.8. The molecule has 6 rings (SSSR count). The third kappa shape index (κ3) is 4.14. The van der Waals surface area contributed by atoms with E-state index in [0.717, 1.165) is 42.9 Å². The SMILES string of the molecule is COc1cc2c3c([nH]c2cc1F)C(c1cccc(O)c1)N1C(=O)N(CCCN2CCC(C)CC2)C(=O)C1(C)C3. The number of rotatable bonds is 6. The second-order valence-corrected chi connectivity index (χ2v) is 11.5. The van der Waals surface area contributed by atoms with Crippen molar-refractivity contribution in [3.8, 4) is 11.5 Å². The molecule has 2 fully saturated rings. The summed E-state index contributed by atoms with van der Waals surface area (Å²) < 4.78 is 19.8. The van der Waals surface area contributed by atoms with Gasteiger partial charge >= 0.3 is 6.03 Å². The lowest BCUT2D eigenvalue weighted by Crippen LogP contribution is -2.53. The highest BCUT2D eigenvalue weighted by Gasteiger charge is 2.60. The maximum absolute atomic E-state index is 14.6. The van der Waals surface area contributed by atoms with Crippen molar-refractivity contribution in [1.29, 1.82) is 0 Å². The first-order valence-corrected chi connectivity index (χ1v) is 13.8. The fraction of sp³-hybridized carbons (Fsp3) is 0.467. The van der Waals surface area contributed by atoms with Crippen molar-refractivity contribution in [2.75, 3.05) is 33.3 Å². The zero-order valence-electron chi connectivity index (χ0n) is 22.7. The van der Waals surface area contributed by atoms with E-state index in [1.165, 1.54) is 30.9 Å². The Labute approximate surface area is 227 Å². The number of aromatic amines is 1. The Kier molecular flexibility index (Phi) is 6.29. The number of benzene rings is 2. The van der Waals surface area contributed by atoms with Gasteiger partial charge in [-0.05, 0) is 81.1 Å². The van der Waals surface area contributed by atoms with Crippen molar-refractivity contribution in [3.05, 3.63) is 59.0 Å². The number of amides is 3. The highest BCUT2D eigenvalue weighted by Crippen LogP contribution is 2.49. The average Bonchev–Trinajstić information content (AvgIpc) is 3.34. The summed E-state index contributed by atoms with van der Waals surface area (Å²) in [7, 11) is 1.42. The monoisotopic (exact) mass is 534 g/mol. The number of methoxy groups -OCH3 is 1. The third-order valence-electron chi connectivity index (χ3n) is 8.86. The number of likely N-dealkylation sites (tertiary alicyclic amines) is 1. The topological polar surface area (TPSA) is 89.1 Å². The van der Waals surface area contributed by atoms with Gasteiger partial charge in [0, 0.05) is 35.6 Å². The number of carbonyl (C=O) groups excluding carboxylic acids is 2. The Morgan fingerprint density at radius 2 is 1.92 bits per heavy atom. The molecule has 0 bridgehead atoms. The molecule has 2 unspecified atom stereocenters. The molecule has 3 amide bonds. The number of H-pyrrole nitrogens is 1. The Hall–Kier alpha value is -3.59. The molecule has 206 valence electrons. The smallest absolute Gasteiger partial charge is 0.328 e. The number of fused-ring (bicyclic) bond motifs is 4. The van der Waals surface area contributed by atoms with E-state index in [1.54, 1.807) is 29.2 Å². The number of piperidine rings is 1. The molecule has 9 heteroatoms. The van der Waals surface area contributed by atoms with Crippen LogP contribution in [0.4, 0.5) is 9.18 Å². The second-order valence-electron chi connectivity index (χ2n) is 11.5. The molecule has 0 radical (unpaired) electrons. The standard InChI is InChI=1S/C30H35FN4O4/c1-18-8-12-33(13-9-18)10-5-11-34-28(37)30(2)17-22-21-15-25(39-3)23(31)16-24(21)32-26(22)27(35(30)29(34)38)19-6-4-7-20(36)14-19/h4,6-7,14-16,18,27,32,36H,5,8-13,17H2,1-3H3. The lowest BCUT2D eigenvalue weighted by atomic mass is 9.81. The predicted octanol–water partition coefficient (Wildman–Crippen LogP) is 4.81. The summed E-state index contributed by atoms with van der Waals surface area (Å²) in [5.74, 6) is 0.215. The molecule has 0 spiro atoms. The molecule has 0 saturated carbocycles. The maximum atomic E-state index is 14.6. The van der Waals surface area contributed by atoms with Gasteiger partial charge in [-0.25, -0.2) is 9.18 Å². The minimum Gasteiger partial charge on any atom is -0.508 e. The van der Waals surface area contributed by atoms with E-state index in [0.29, 0.717) is 23.3 Å². The van der Waals surface area contributed by atoms with Gasteiger partial charge in [0.25, 0.3) is 5.91 Å². The van der Waals surface area contributed by atoms with Gasteiger partial charge in [0.2, 0.25) is 0 Å². The summed E-state index contributed by atoms with van der Waals surface area (Å²) in [6.45, 7) is 7.42. The van der Waals surface area contributed by atoms with E-state index >= 15 is 0 Å². The van der Waals surface area contributed by atoms with Gasteiger partial charge in [0.15, 0.2) is 11.6 Å². The molecule has 8 nitrogen and oxygen atoms in total. The first-order valence-electron chi connectivity index (χ1n) is 13.8. The van der Waals surface area contributed by atoms with Gasteiger partial charge in [0.05, 0.1) is 7.11 Å². The number of aromatic hydroxyl groups is 1. The number of halogens is 1. The lowest BCUT2D eigenvalue weighted by molar-refractivity contribution is -0.133. The number of phenols is 1. The summed E-state index contributed by atoms with van der Waals surface area (Å²) in [6.07, 6.45) is 3.37. The second kappa shape index (κ2) is 9.55. The van der Waals surface area contributed by atoms with Gasteiger partial charge in [-0.2, -0.15) is 0 Å². The zero-order chi connectivity index (χ0) is 27.5. The molecular formula is C30H35FN4O4. The van der Waals surface area contributed by atoms with Crippen LogP contribution in [0, 0.1) is 11.7 Å². The van der Waals surface area contributed by atoms with Crippen molar-refractivity contribution in [3.63, 3.8) is 0 Å². The number of urea groups is 1.